The van der Waals surface area contributed by atoms with Gasteiger partial charge in [0.05, 0.1) is 13.2 Å². The smallest absolute Gasteiger partial charge is 0.321 e. The second-order valence-electron chi connectivity index (χ2n) is 5.07. The normalized spacial score (nSPS) is 16.9. The number of nitrogens with zero attached hydrogens (tertiary/aromatic N) is 1. The van der Waals surface area contributed by atoms with Crippen molar-refractivity contribution in [2.75, 3.05) is 53.5 Å². The summed E-state index contributed by atoms with van der Waals surface area (Å²) in [5, 5.41) is 8.06. The first-order valence-corrected chi connectivity index (χ1v) is 7.09. The molecule has 3 N–H and O–H groups in total. The number of piperidine rings is 1. The van der Waals surface area contributed by atoms with E-state index in [9.17, 15) is 9.59 Å². The third kappa shape index (κ3) is 6.83. The molecule has 20 heavy (non-hydrogen) atoms. The van der Waals surface area contributed by atoms with E-state index in [0.29, 0.717) is 19.1 Å². The monoisotopic (exact) mass is 286 g/mol. The van der Waals surface area contributed by atoms with Crippen LogP contribution in [-0.4, -0.2) is 70.3 Å². The fourth-order valence-electron chi connectivity index (χ4n) is 2.32. The first kappa shape index (κ1) is 16.9. The molecule has 1 aliphatic rings. The van der Waals surface area contributed by atoms with Gasteiger partial charge in [-0.25, -0.2) is 4.79 Å². The third-order valence-corrected chi connectivity index (χ3v) is 3.41. The van der Waals surface area contributed by atoms with Crippen molar-refractivity contribution in [3.8, 4) is 0 Å². The van der Waals surface area contributed by atoms with Gasteiger partial charge >= 0.3 is 6.03 Å². The van der Waals surface area contributed by atoms with Crippen molar-refractivity contribution >= 4 is 11.9 Å². The lowest BCUT2D eigenvalue weighted by molar-refractivity contribution is -0.121. The molecule has 1 rings (SSSR count). The minimum Gasteiger partial charge on any atom is -0.383 e. The largest absolute Gasteiger partial charge is 0.383 e. The number of carbonyl (C=O) groups is 2. The molecule has 1 fully saturated rings. The van der Waals surface area contributed by atoms with Gasteiger partial charge < -0.3 is 15.4 Å². The number of nitrogens with one attached hydrogen (secondary N) is 3. The first-order valence-electron chi connectivity index (χ1n) is 7.09. The molecular formula is C13H26N4O3. The van der Waals surface area contributed by atoms with Gasteiger partial charge in [-0.15, -0.1) is 0 Å². The second kappa shape index (κ2) is 9.68. The van der Waals surface area contributed by atoms with E-state index in [1.807, 2.05) is 7.05 Å². The van der Waals surface area contributed by atoms with Gasteiger partial charge in [0.2, 0.25) is 5.91 Å². The van der Waals surface area contributed by atoms with Gasteiger partial charge in [0.1, 0.15) is 0 Å². The van der Waals surface area contributed by atoms with E-state index in [-0.39, 0.29) is 12.5 Å². The van der Waals surface area contributed by atoms with Crippen LogP contribution >= 0.6 is 0 Å². The standard InChI is InChI=1S/C13H26N4O3/c1-14-9-11-3-6-17(7-4-11)10-12(18)16-13(19)15-5-8-20-2/h11,14H,3-10H2,1-2H3,(H2,15,16,18,19). The van der Waals surface area contributed by atoms with Crippen molar-refractivity contribution in [2.45, 2.75) is 12.8 Å². The van der Waals surface area contributed by atoms with Crippen LogP contribution in [0, 0.1) is 5.92 Å². The summed E-state index contributed by atoms with van der Waals surface area (Å²) in [6.07, 6.45) is 2.18. The molecule has 0 bridgehead atoms. The number of likely N-dealkylation sites (tertiary alicyclic amines) is 1. The molecule has 7 heteroatoms. The summed E-state index contributed by atoms with van der Waals surface area (Å²) in [4.78, 5) is 25.2. The van der Waals surface area contributed by atoms with Crippen molar-refractivity contribution in [1.82, 2.24) is 20.9 Å². The number of hydrogen-bond acceptors (Lipinski definition) is 5. The van der Waals surface area contributed by atoms with Crippen molar-refractivity contribution in [2.24, 2.45) is 5.92 Å². The Morgan fingerprint density at radius 1 is 1.30 bits per heavy atom. The number of imide groups is 1. The Kier molecular flexibility index (Phi) is 8.17. The van der Waals surface area contributed by atoms with E-state index in [1.54, 1.807) is 7.11 Å². The maximum Gasteiger partial charge on any atom is 0.321 e. The average Bonchev–Trinajstić information content (AvgIpc) is 2.41. The Morgan fingerprint density at radius 2 is 2.00 bits per heavy atom. The molecule has 0 aromatic rings. The molecule has 7 nitrogen and oxygen atoms in total. The van der Waals surface area contributed by atoms with E-state index >= 15 is 0 Å². The van der Waals surface area contributed by atoms with E-state index in [1.165, 1.54) is 0 Å². The number of methoxy groups -OCH3 is 1. The van der Waals surface area contributed by atoms with Crippen LogP contribution < -0.4 is 16.0 Å². The fraction of sp³-hybridized carbons (Fsp3) is 0.846. The highest BCUT2D eigenvalue weighted by molar-refractivity contribution is 5.95. The maximum atomic E-state index is 11.7. The molecule has 0 saturated carbocycles. The van der Waals surface area contributed by atoms with Gasteiger partial charge in [-0.3, -0.25) is 15.0 Å². The molecule has 0 unspecified atom stereocenters. The van der Waals surface area contributed by atoms with Crippen LogP contribution in [0.2, 0.25) is 0 Å². The second-order valence-corrected chi connectivity index (χ2v) is 5.07. The zero-order valence-corrected chi connectivity index (χ0v) is 12.4. The zero-order valence-electron chi connectivity index (χ0n) is 12.4. The Labute approximate surface area is 120 Å². The van der Waals surface area contributed by atoms with Crippen LogP contribution in [0.25, 0.3) is 0 Å². The van der Waals surface area contributed by atoms with Gasteiger partial charge in [-0.1, -0.05) is 0 Å². The Bertz CT molecular complexity index is 304. The Balaban J connectivity index is 2.15. The highest BCUT2D eigenvalue weighted by atomic mass is 16.5. The molecule has 0 radical (unpaired) electrons. The van der Waals surface area contributed by atoms with Crippen LogP contribution in [-0.2, 0) is 9.53 Å². The Morgan fingerprint density at radius 3 is 2.60 bits per heavy atom. The molecular weight excluding hydrogens is 260 g/mol. The van der Waals surface area contributed by atoms with E-state index in [4.69, 9.17) is 4.74 Å². The summed E-state index contributed by atoms with van der Waals surface area (Å²) in [6, 6.07) is -0.461. The number of carbonyl (C=O) groups excluding carboxylic acids is 2. The summed E-state index contributed by atoms with van der Waals surface area (Å²) in [7, 11) is 3.52. The highest BCUT2D eigenvalue weighted by Gasteiger charge is 2.20. The van der Waals surface area contributed by atoms with Gasteiger partial charge in [0, 0.05) is 13.7 Å². The number of rotatable bonds is 7. The SMILES string of the molecule is CNCC1CCN(CC(=O)NC(=O)NCCOC)CC1. The lowest BCUT2D eigenvalue weighted by atomic mass is 9.97. The molecule has 1 aliphatic heterocycles. The predicted octanol–water partition coefficient (Wildman–Crippen LogP) is -0.610. The molecule has 0 spiro atoms. The molecule has 1 saturated heterocycles. The summed E-state index contributed by atoms with van der Waals surface area (Å²) in [5.74, 6) is 0.434. The van der Waals surface area contributed by atoms with E-state index in [2.05, 4.69) is 20.9 Å². The van der Waals surface area contributed by atoms with Gasteiger partial charge in [0.15, 0.2) is 0 Å². The van der Waals surface area contributed by atoms with Gasteiger partial charge in [0.25, 0.3) is 0 Å². The van der Waals surface area contributed by atoms with Crippen molar-refractivity contribution < 1.29 is 14.3 Å². The number of ether oxygens (including phenoxy) is 1. The van der Waals surface area contributed by atoms with E-state index < -0.39 is 6.03 Å². The third-order valence-electron chi connectivity index (χ3n) is 3.41. The fourth-order valence-corrected chi connectivity index (χ4v) is 2.32. The molecule has 0 aliphatic carbocycles. The first-order chi connectivity index (χ1) is 9.65. The summed E-state index contributed by atoms with van der Waals surface area (Å²) in [6.45, 7) is 3.95. The minimum atomic E-state index is -0.461. The summed E-state index contributed by atoms with van der Waals surface area (Å²) >= 11 is 0. The molecule has 0 aromatic heterocycles. The summed E-state index contributed by atoms with van der Waals surface area (Å²) < 4.78 is 4.81. The van der Waals surface area contributed by atoms with Crippen LogP contribution in [0.5, 0.6) is 0 Å². The quantitative estimate of drug-likeness (QED) is 0.544. The van der Waals surface area contributed by atoms with Crippen LogP contribution in [0.15, 0.2) is 0 Å². The van der Waals surface area contributed by atoms with Crippen LogP contribution in [0.3, 0.4) is 0 Å². The zero-order chi connectivity index (χ0) is 14.8. The Hall–Kier alpha value is -1.18. The maximum absolute atomic E-state index is 11.7. The molecule has 1 heterocycles. The number of urea groups is 1. The van der Waals surface area contributed by atoms with Crippen molar-refractivity contribution in [3.05, 3.63) is 0 Å². The number of amides is 3. The van der Waals surface area contributed by atoms with Gasteiger partial charge in [-0.05, 0) is 45.4 Å². The molecule has 0 atom stereocenters. The highest BCUT2D eigenvalue weighted by Crippen LogP contribution is 2.15. The minimum absolute atomic E-state index is 0.257. The molecule has 116 valence electrons. The van der Waals surface area contributed by atoms with Gasteiger partial charge in [-0.2, -0.15) is 0 Å². The lowest BCUT2D eigenvalue weighted by Gasteiger charge is -2.31. The molecule has 3 amide bonds. The lowest BCUT2D eigenvalue weighted by Crippen LogP contribution is -2.47. The van der Waals surface area contributed by atoms with Crippen LogP contribution in [0.1, 0.15) is 12.8 Å². The van der Waals surface area contributed by atoms with Crippen LogP contribution in [0.4, 0.5) is 4.79 Å². The van der Waals surface area contributed by atoms with Crippen molar-refractivity contribution in [1.29, 1.82) is 0 Å². The molecule has 0 aromatic carbocycles. The summed E-state index contributed by atoms with van der Waals surface area (Å²) in [5.41, 5.74) is 0. The average molecular weight is 286 g/mol. The van der Waals surface area contributed by atoms with E-state index in [0.717, 1.165) is 32.5 Å². The number of hydrogen-bond donors (Lipinski definition) is 3. The van der Waals surface area contributed by atoms with Crippen molar-refractivity contribution in [3.63, 3.8) is 0 Å². The predicted molar refractivity (Wildman–Crippen MR) is 76.5 cm³/mol. The topological polar surface area (TPSA) is 82.7 Å².